The highest BCUT2D eigenvalue weighted by Crippen LogP contribution is 2.31. The minimum Gasteiger partial charge on any atom is -0.477 e. The molecule has 104 valence electrons. The zero-order chi connectivity index (χ0) is 14.9. The summed E-state index contributed by atoms with van der Waals surface area (Å²) in [6, 6.07) is 6.38. The number of hydrogen-bond acceptors (Lipinski definition) is 2. The van der Waals surface area contributed by atoms with E-state index in [1.165, 1.54) is 6.07 Å². The molecular weight excluding hydrogens is 275 g/mol. The van der Waals surface area contributed by atoms with Crippen LogP contribution in [0, 0.1) is 0 Å². The Balaban J connectivity index is 2.52. The van der Waals surface area contributed by atoms with Gasteiger partial charge in [-0.05, 0) is 23.8 Å². The Bertz CT molecular complexity index is 702. The number of carboxylic acid groups (broad SMARTS) is 1. The van der Waals surface area contributed by atoms with Gasteiger partial charge in [-0.2, -0.15) is 13.2 Å². The number of alkyl halides is 3. The molecule has 1 aromatic heterocycles. The number of aromatic carboxylic acids is 1. The standard InChI is InChI=1S/C13H8F3NO3/c14-13(15,16)8-3-1-7(2-4-8)9-5-6-10(18)17-11(9)12(19)20/h1-6H,(H,17,18)(H,19,20). The van der Waals surface area contributed by atoms with E-state index < -0.39 is 23.3 Å². The van der Waals surface area contributed by atoms with Crippen molar-refractivity contribution in [1.82, 2.24) is 4.98 Å². The van der Waals surface area contributed by atoms with Crippen molar-refractivity contribution in [3.05, 3.63) is 58.0 Å². The Kier molecular flexibility index (Phi) is 3.35. The molecule has 2 aromatic rings. The molecule has 4 nitrogen and oxygen atoms in total. The van der Waals surface area contributed by atoms with Crippen molar-refractivity contribution in [3.8, 4) is 11.1 Å². The summed E-state index contributed by atoms with van der Waals surface area (Å²) in [5.74, 6) is -1.36. The Labute approximate surface area is 110 Å². The first-order valence-corrected chi connectivity index (χ1v) is 5.43. The molecule has 0 aliphatic carbocycles. The zero-order valence-electron chi connectivity index (χ0n) is 9.86. The molecule has 0 spiro atoms. The third-order valence-corrected chi connectivity index (χ3v) is 2.66. The lowest BCUT2D eigenvalue weighted by Gasteiger charge is -2.09. The molecule has 0 aliphatic rings. The second-order valence-electron chi connectivity index (χ2n) is 3.99. The predicted octanol–water partition coefficient (Wildman–Crippen LogP) is 2.76. The van der Waals surface area contributed by atoms with E-state index in [-0.39, 0.29) is 16.8 Å². The molecule has 0 aliphatic heterocycles. The van der Waals surface area contributed by atoms with Gasteiger partial charge in [0.2, 0.25) is 5.56 Å². The van der Waals surface area contributed by atoms with Gasteiger partial charge in [-0.25, -0.2) is 4.79 Å². The van der Waals surface area contributed by atoms with E-state index in [2.05, 4.69) is 4.98 Å². The maximum absolute atomic E-state index is 12.4. The number of H-pyrrole nitrogens is 1. The number of aromatic amines is 1. The molecule has 1 heterocycles. The number of pyridine rings is 1. The smallest absolute Gasteiger partial charge is 0.416 e. The fourth-order valence-electron chi connectivity index (χ4n) is 1.72. The topological polar surface area (TPSA) is 70.2 Å². The molecule has 0 saturated carbocycles. The number of halogens is 3. The fraction of sp³-hybridized carbons (Fsp3) is 0.0769. The van der Waals surface area contributed by atoms with Crippen molar-refractivity contribution in [3.63, 3.8) is 0 Å². The van der Waals surface area contributed by atoms with E-state index >= 15 is 0 Å². The van der Waals surface area contributed by atoms with Gasteiger partial charge in [0.25, 0.3) is 0 Å². The number of hydrogen-bond donors (Lipinski definition) is 2. The summed E-state index contributed by atoms with van der Waals surface area (Å²) >= 11 is 0. The van der Waals surface area contributed by atoms with E-state index in [9.17, 15) is 22.8 Å². The lowest BCUT2D eigenvalue weighted by Crippen LogP contribution is -2.13. The third-order valence-electron chi connectivity index (χ3n) is 2.66. The van der Waals surface area contributed by atoms with E-state index in [0.29, 0.717) is 0 Å². The minimum absolute atomic E-state index is 0.144. The number of nitrogens with one attached hydrogen (secondary N) is 1. The van der Waals surface area contributed by atoms with Gasteiger partial charge in [-0.1, -0.05) is 12.1 Å². The average Bonchev–Trinajstić information content (AvgIpc) is 2.37. The fourth-order valence-corrected chi connectivity index (χ4v) is 1.72. The molecule has 0 fully saturated rings. The van der Waals surface area contributed by atoms with Crippen LogP contribution >= 0.6 is 0 Å². The van der Waals surface area contributed by atoms with Gasteiger partial charge in [0.15, 0.2) is 0 Å². The van der Waals surface area contributed by atoms with Crippen LogP contribution in [-0.2, 0) is 6.18 Å². The Hall–Kier alpha value is -2.57. The molecule has 2 rings (SSSR count). The number of benzene rings is 1. The molecule has 0 amide bonds. The SMILES string of the molecule is O=C(O)c1[nH]c(=O)ccc1-c1ccc(C(F)(F)F)cc1. The molecule has 0 unspecified atom stereocenters. The third kappa shape index (κ3) is 2.71. The molecule has 20 heavy (non-hydrogen) atoms. The van der Waals surface area contributed by atoms with Gasteiger partial charge in [0.05, 0.1) is 5.56 Å². The van der Waals surface area contributed by atoms with Gasteiger partial charge in [0.1, 0.15) is 5.69 Å². The maximum atomic E-state index is 12.4. The van der Waals surface area contributed by atoms with Gasteiger partial charge >= 0.3 is 12.1 Å². The van der Waals surface area contributed by atoms with E-state index in [0.717, 1.165) is 30.3 Å². The molecule has 0 bridgehead atoms. The minimum atomic E-state index is -4.46. The van der Waals surface area contributed by atoms with Crippen molar-refractivity contribution in [2.75, 3.05) is 0 Å². The van der Waals surface area contributed by atoms with Crippen LogP contribution in [0.4, 0.5) is 13.2 Å². The molecule has 0 saturated heterocycles. The van der Waals surface area contributed by atoms with Gasteiger partial charge < -0.3 is 10.1 Å². The van der Waals surface area contributed by atoms with E-state index in [1.807, 2.05) is 0 Å². The van der Waals surface area contributed by atoms with Crippen molar-refractivity contribution in [2.45, 2.75) is 6.18 Å². The number of rotatable bonds is 2. The van der Waals surface area contributed by atoms with Gasteiger partial charge in [-0.3, -0.25) is 4.79 Å². The molecule has 0 atom stereocenters. The Morgan fingerprint density at radius 2 is 1.65 bits per heavy atom. The lowest BCUT2D eigenvalue weighted by molar-refractivity contribution is -0.137. The summed E-state index contributed by atoms with van der Waals surface area (Å²) in [7, 11) is 0. The summed E-state index contributed by atoms with van der Waals surface area (Å²) in [5.41, 5.74) is -1.38. The second kappa shape index (κ2) is 4.84. The van der Waals surface area contributed by atoms with Crippen LogP contribution in [-0.4, -0.2) is 16.1 Å². The van der Waals surface area contributed by atoms with Crippen LogP contribution in [0.15, 0.2) is 41.2 Å². The van der Waals surface area contributed by atoms with Crippen LogP contribution in [0.2, 0.25) is 0 Å². The largest absolute Gasteiger partial charge is 0.477 e. The summed E-state index contributed by atoms with van der Waals surface area (Å²) in [5, 5.41) is 8.99. The van der Waals surface area contributed by atoms with Crippen molar-refractivity contribution in [2.24, 2.45) is 0 Å². The highest BCUT2D eigenvalue weighted by molar-refractivity contribution is 5.93. The lowest BCUT2D eigenvalue weighted by atomic mass is 10.0. The van der Waals surface area contributed by atoms with Crippen molar-refractivity contribution >= 4 is 5.97 Å². The summed E-state index contributed by atoms with van der Waals surface area (Å²) in [6.45, 7) is 0. The van der Waals surface area contributed by atoms with Gasteiger partial charge in [0, 0.05) is 11.6 Å². The summed E-state index contributed by atoms with van der Waals surface area (Å²) < 4.78 is 37.3. The zero-order valence-corrected chi connectivity index (χ0v) is 9.86. The average molecular weight is 283 g/mol. The second-order valence-corrected chi connectivity index (χ2v) is 3.99. The molecule has 7 heteroatoms. The van der Waals surface area contributed by atoms with Crippen LogP contribution in [0.5, 0.6) is 0 Å². The summed E-state index contributed by atoms with van der Waals surface area (Å²) in [4.78, 5) is 24.3. The van der Waals surface area contributed by atoms with Crippen molar-refractivity contribution < 1.29 is 23.1 Å². The number of aromatic nitrogens is 1. The highest BCUT2D eigenvalue weighted by Gasteiger charge is 2.30. The Morgan fingerprint density at radius 1 is 1.05 bits per heavy atom. The number of carboxylic acids is 1. The first-order chi connectivity index (χ1) is 9.29. The monoisotopic (exact) mass is 283 g/mol. The van der Waals surface area contributed by atoms with Crippen LogP contribution in [0.25, 0.3) is 11.1 Å². The normalized spacial score (nSPS) is 11.3. The van der Waals surface area contributed by atoms with Crippen molar-refractivity contribution in [1.29, 1.82) is 0 Å². The first kappa shape index (κ1) is 13.9. The highest BCUT2D eigenvalue weighted by atomic mass is 19.4. The quantitative estimate of drug-likeness (QED) is 0.890. The van der Waals surface area contributed by atoms with Crippen LogP contribution in [0.3, 0.4) is 0 Å². The molecular formula is C13H8F3NO3. The molecule has 2 N–H and O–H groups in total. The van der Waals surface area contributed by atoms with Crippen LogP contribution in [0.1, 0.15) is 16.1 Å². The molecule has 1 aromatic carbocycles. The molecule has 0 radical (unpaired) electrons. The Morgan fingerprint density at radius 3 is 2.15 bits per heavy atom. The number of carbonyl (C=O) groups is 1. The predicted molar refractivity (Wildman–Crippen MR) is 64.5 cm³/mol. The van der Waals surface area contributed by atoms with E-state index in [1.54, 1.807) is 0 Å². The van der Waals surface area contributed by atoms with Crippen LogP contribution < -0.4 is 5.56 Å². The summed E-state index contributed by atoms with van der Waals surface area (Å²) in [6.07, 6.45) is -4.46. The maximum Gasteiger partial charge on any atom is 0.416 e. The van der Waals surface area contributed by atoms with E-state index in [4.69, 9.17) is 5.11 Å². The van der Waals surface area contributed by atoms with Gasteiger partial charge in [-0.15, -0.1) is 0 Å². The first-order valence-electron chi connectivity index (χ1n) is 5.43.